The number of nitrogens with one attached hydrogen (secondary N) is 1. The van der Waals surface area contributed by atoms with Gasteiger partial charge in [0.2, 0.25) is 0 Å². The number of anilines is 1. The molecule has 0 amide bonds. The molecular weight excluding hydrogens is 254 g/mol. The van der Waals surface area contributed by atoms with Crippen LogP contribution in [0.3, 0.4) is 0 Å². The molecule has 1 aromatic carbocycles. The van der Waals surface area contributed by atoms with E-state index in [0.29, 0.717) is 10.7 Å². The number of aliphatic imine (C=N–C) groups is 1. The topological polar surface area (TPSA) is 24.4 Å². The lowest BCUT2D eigenvalue weighted by atomic mass is 10.0. The Bertz CT molecular complexity index is 498. The highest BCUT2D eigenvalue weighted by Gasteiger charge is 2.23. The number of hydrogen-bond acceptors (Lipinski definition) is 3. The van der Waals surface area contributed by atoms with Crippen molar-refractivity contribution >= 4 is 22.6 Å². The summed E-state index contributed by atoms with van der Waals surface area (Å²) in [5.74, 6) is 0.0505. The SMILES string of the molecule is Cc1cc(F)c(NC2=NC(C)(C)CCS2)cc1F. The number of thioether (sulfide) groups is 1. The Kier molecular flexibility index (Phi) is 3.61. The zero-order valence-corrected chi connectivity index (χ0v) is 11.5. The molecule has 0 fully saturated rings. The van der Waals surface area contributed by atoms with E-state index in [1.54, 1.807) is 0 Å². The summed E-state index contributed by atoms with van der Waals surface area (Å²) in [6, 6.07) is 2.37. The van der Waals surface area contributed by atoms with E-state index in [-0.39, 0.29) is 11.2 Å². The number of rotatable bonds is 1. The summed E-state index contributed by atoms with van der Waals surface area (Å²) in [7, 11) is 0. The van der Waals surface area contributed by atoms with E-state index in [2.05, 4.69) is 10.3 Å². The van der Waals surface area contributed by atoms with E-state index in [0.717, 1.165) is 12.2 Å². The molecule has 1 aromatic rings. The molecule has 0 saturated carbocycles. The zero-order valence-electron chi connectivity index (χ0n) is 10.7. The fourth-order valence-corrected chi connectivity index (χ4v) is 2.97. The third-order valence-electron chi connectivity index (χ3n) is 2.85. The average Bonchev–Trinajstić information content (AvgIpc) is 2.24. The molecule has 5 heteroatoms. The molecule has 2 nitrogen and oxygen atoms in total. The number of nitrogens with zero attached hydrogens (tertiary/aromatic N) is 1. The van der Waals surface area contributed by atoms with Crippen LogP contribution in [0.15, 0.2) is 17.1 Å². The Balaban J connectivity index is 2.24. The summed E-state index contributed by atoms with van der Waals surface area (Å²) in [5.41, 5.74) is 0.298. The van der Waals surface area contributed by atoms with Crippen molar-refractivity contribution in [2.75, 3.05) is 11.1 Å². The maximum Gasteiger partial charge on any atom is 0.161 e. The normalized spacial score (nSPS) is 18.4. The lowest BCUT2D eigenvalue weighted by Gasteiger charge is -2.26. The minimum Gasteiger partial charge on any atom is -0.332 e. The van der Waals surface area contributed by atoms with Crippen LogP contribution < -0.4 is 5.32 Å². The molecule has 0 bridgehead atoms. The van der Waals surface area contributed by atoms with E-state index >= 15 is 0 Å². The van der Waals surface area contributed by atoms with Crippen molar-refractivity contribution in [1.29, 1.82) is 0 Å². The summed E-state index contributed by atoms with van der Waals surface area (Å²) in [6.45, 7) is 5.60. The van der Waals surface area contributed by atoms with Gasteiger partial charge >= 0.3 is 0 Å². The van der Waals surface area contributed by atoms with Crippen molar-refractivity contribution in [1.82, 2.24) is 0 Å². The predicted octanol–water partition coefficient (Wildman–Crippen LogP) is 3.96. The van der Waals surface area contributed by atoms with Gasteiger partial charge in [0.25, 0.3) is 0 Å². The van der Waals surface area contributed by atoms with Crippen LogP contribution in [0.25, 0.3) is 0 Å². The fourth-order valence-electron chi connectivity index (χ4n) is 1.68. The van der Waals surface area contributed by atoms with Gasteiger partial charge in [-0.05, 0) is 38.8 Å². The molecule has 18 heavy (non-hydrogen) atoms. The molecule has 2 rings (SSSR count). The third-order valence-corrected chi connectivity index (χ3v) is 3.72. The van der Waals surface area contributed by atoms with E-state index < -0.39 is 11.6 Å². The van der Waals surface area contributed by atoms with Crippen LogP contribution in [0.4, 0.5) is 14.5 Å². The Labute approximate surface area is 110 Å². The maximum absolute atomic E-state index is 13.7. The Morgan fingerprint density at radius 3 is 2.67 bits per heavy atom. The van der Waals surface area contributed by atoms with Crippen molar-refractivity contribution in [3.63, 3.8) is 0 Å². The largest absolute Gasteiger partial charge is 0.332 e. The minimum absolute atomic E-state index is 0.141. The Hall–Kier alpha value is -1.10. The van der Waals surface area contributed by atoms with Crippen LogP contribution in [0.1, 0.15) is 25.8 Å². The fraction of sp³-hybridized carbons (Fsp3) is 0.462. The van der Waals surface area contributed by atoms with Gasteiger partial charge in [-0.1, -0.05) is 11.8 Å². The van der Waals surface area contributed by atoms with Gasteiger partial charge in [0.1, 0.15) is 11.6 Å². The first kappa shape index (κ1) is 13.3. The van der Waals surface area contributed by atoms with Crippen LogP contribution in [0, 0.1) is 18.6 Å². The molecule has 0 unspecified atom stereocenters. The van der Waals surface area contributed by atoms with Gasteiger partial charge in [-0.3, -0.25) is 4.99 Å². The summed E-state index contributed by atoms with van der Waals surface area (Å²) in [4.78, 5) is 4.48. The Morgan fingerprint density at radius 1 is 1.28 bits per heavy atom. The van der Waals surface area contributed by atoms with Gasteiger partial charge in [0, 0.05) is 11.8 Å². The number of aryl methyl sites for hydroxylation is 1. The highest BCUT2D eigenvalue weighted by molar-refractivity contribution is 8.14. The molecule has 98 valence electrons. The average molecular weight is 270 g/mol. The second-order valence-corrected chi connectivity index (χ2v) is 6.12. The molecule has 0 saturated heterocycles. The second-order valence-electron chi connectivity index (χ2n) is 5.03. The molecule has 0 spiro atoms. The number of benzene rings is 1. The third kappa shape index (κ3) is 3.02. The van der Waals surface area contributed by atoms with Gasteiger partial charge in [-0.15, -0.1) is 0 Å². The maximum atomic E-state index is 13.7. The van der Waals surface area contributed by atoms with Crippen molar-refractivity contribution < 1.29 is 8.78 Å². The molecular formula is C13H16F2N2S. The number of halogens is 2. The van der Waals surface area contributed by atoms with Gasteiger partial charge in [0.15, 0.2) is 5.17 Å². The molecule has 0 aromatic heterocycles. The number of amidine groups is 1. The molecule has 1 heterocycles. The van der Waals surface area contributed by atoms with Crippen molar-refractivity contribution in [2.45, 2.75) is 32.7 Å². The van der Waals surface area contributed by atoms with Gasteiger partial charge in [-0.25, -0.2) is 8.78 Å². The van der Waals surface area contributed by atoms with Gasteiger partial charge < -0.3 is 5.32 Å². The standard InChI is InChI=1S/C13H16F2N2S/c1-8-6-10(15)11(7-9(8)14)16-12-17-13(2,3)4-5-18-12/h6-7H,4-5H2,1-3H3,(H,16,17). The van der Waals surface area contributed by atoms with Crippen molar-refractivity contribution in [3.8, 4) is 0 Å². The monoisotopic (exact) mass is 270 g/mol. The Morgan fingerprint density at radius 2 is 2.00 bits per heavy atom. The first-order chi connectivity index (χ1) is 8.37. The molecule has 1 N–H and O–H groups in total. The van der Waals surface area contributed by atoms with E-state index in [4.69, 9.17) is 0 Å². The highest BCUT2D eigenvalue weighted by Crippen LogP contribution is 2.28. The van der Waals surface area contributed by atoms with E-state index in [1.807, 2.05) is 13.8 Å². The van der Waals surface area contributed by atoms with Crippen LogP contribution in [-0.4, -0.2) is 16.5 Å². The quantitative estimate of drug-likeness (QED) is 0.835. The first-order valence-corrected chi connectivity index (χ1v) is 6.81. The summed E-state index contributed by atoms with van der Waals surface area (Å²) >= 11 is 1.53. The lowest BCUT2D eigenvalue weighted by molar-refractivity contribution is 0.507. The molecule has 0 radical (unpaired) electrons. The van der Waals surface area contributed by atoms with Gasteiger partial charge in [-0.2, -0.15) is 0 Å². The highest BCUT2D eigenvalue weighted by atomic mass is 32.2. The van der Waals surface area contributed by atoms with Crippen LogP contribution in [0.5, 0.6) is 0 Å². The van der Waals surface area contributed by atoms with Crippen LogP contribution in [-0.2, 0) is 0 Å². The van der Waals surface area contributed by atoms with Crippen LogP contribution in [0.2, 0.25) is 0 Å². The van der Waals surface area contributed by atoms with E-state index in [1.165, 1.54) is 30.8 Å². The molecule has 0 aliphatic carbocycles. The lowest BCUT2D eigenvalue weighted by Crippen LogP contribution is -2.27. The molecule has 1 aliphatic heterocycles. The predicted molar refractivity (Wildman–Crippen MR) is 73.3 cm³/mol. The molecule has 0 atom stereocenters. The van der Waals surface area contributed by atoms with Crippen LogP contribution >= 0.6 is 11.8 Å². The van der Waals surface area contributed by atoms with Crippen molar-refractivity contribution in [2.24, 2.45) is 4.99 Å². The zero-order chi connectivity index (χ0) is 13.3. The summed E-state index contributed by atoms with van der Waals surface area (Å²) in [6.07, 6.45) is 0.980. The van der Waals surface area contributed by atoms with Gasteiger partial charge in [0.05, 0.1) is 11.2 Å². The van der Waals surface area contributed by atoms with Crippen molar-refractivity contribution in [3.05, 3.63) is 29.3 Å². The van der Waals surface area contributed by atoms with E-state index in [9.17, 15) is 8.78 Å². The summed E-state index contributed by atoms with van der Waals surface area (Å²) in [5, 5.41) is 3.52. The summed E-state index contributed by atoms with van der Waals surface area (Å²) < 4.78 is 27.1. The number of hydrogen-bond donors (Lipinski definition) is 1. The minimum atomic E-state index is -0.458. The first-order valence-electron chi connectivity index (χ1n) is 5.83. The smallest absolute Gasteiger partial charge is 0.161 e. The second kappa shape index (κ2) is 4.88. The molecule has 1 aliphatic rings.